The lowest BCUT2D eigenvalue weighted by molar-refractivity contribution is -0.152. The second-order valence-electron chi connectivity index (χ2n) is 1.16. The minimum atomic E-state index is -1.28. The number of hydrogen-bond acceptors (Lipinski definition) is 5. The van der Waals surface area contributed by atoms with E-state index in [-0.39, 0.29) is 0 Å². The van der Waals surface area contributed by atoms with Crippen LogP contribution < -0.4 is 0 Å². The second-order valence-corrected chi connectivity index (χ2v) is 1.16. The van der Waals surface area contributed by atoms with Crippen molar-refractivity contribution in [2.45, 2.75) is 13.0 Å². The van der Waals surface area contributed by atoms with E-state index in [1.54, 1.807) is 5.34 Å². The minimum absolute atomic E-state index is 1.04. The van der Waals surface area contributed by atoms with Gasteiger partial charge in [-0.15, -0.1) is 4.91 Å². The van der Waals surface area contributed by atoms with E-state index in [1.807, 2.05) is 0 Å². The van der Waals surface area contributed by atoms with Crippen molar-refractivity contribution >= 4 is 5.97 Å². The Hall–Kier alpha value is -0.970. The summed E-state index contributed by atoms with van der Waals surface area (Å²) >= 11 is 0. The van der Waals surface area contributed by atoms with Crippen LogP contribution in [0.5, 0.6) is 0 Å². The Morgan fingerprint density at radius 1 is 1.88 bits per heavy atom. The SMILES string of the molecule is CC(O)C(=O)ON=O. The van der Waals surface area contributed by atoms with Crippen molar-refractivity contribution in [1.29, 1.82) is 0 Å². The van der Waals surface area contributed by atoms with E-state index in [4.69, 9.17) is 10.0 Å². The molecule has 1 N–H and O–H groups in total. The summed E-state index contributed by atoms with van der Waals surface area (Å²) in [4.78, 5) is 22.6. The molecular weight excluding hydrogens is 114 g/mol. The van der Waals surface area contributed by atoms with E-state index in [9.17, 15) is 4.79 Å². The van der Waals surface area contributed by atoms with Gasteiger partial charge >= 0.3 is 5.97 Å². The van der Waals surface area contributed by atoms with Crippen molar-refractivity contribution in [3.63, 3.8) is 0 Å². The molecule has 0 bridgehead atoms. The summed E-state index contributed by atoms with van der Waals surface area (Å²) in [6, 6.07) is 0. The molecule has 5 nitrogen and oxygen atoms in total. The van der Waals surface area contributed by atoms with Crippen LogP contribution in [-0.2, 0) is 9.63 Å². The summed E-state index contributed by atoms with van der Waals surface area (Å²) in [5.74, 6) is -1.04. The molecule has 0 radical (unpaired) electrons. The number of rotatable bonds is 2. The van der Waals surface area contributed by atoms with Gasteiger partial charge in [0.25, 0.3) is 0 Å². The van der Waals surface area contributed by atoms with Gasteiger partial charge in [-0.1, -0.05) is 0 Å². The maximum absolute atomic E-state index is 9.98. The molecule has 46 valence electrons. The lowest BCUT2D eigenvalue weighted by Crippen LogP contribution is -2.16. The smallest absolute Gasteiger partial charge is 0.366 e. The fourth-order valence-corrected chi connectivity index (χ4v) is 0.113. The van der Waals surface area contributed by atoms with Gasteiger partial charge in [-0.3, -0.25) is 4.84 Å². The maximum Gasteiger partial charge on any atom is 0.366 e. The molecule has 0 aliphatic heterocycles. The fraction of sp³-hybridized carbons (Fsp3) is 0.667. The van der Waals surface area contributed by atoms with Crippen LogP contribution in [-0.4, -0.2) is 17.2 Å². The minimum Gasteiger partial charge on any atom is -0.382 e. The van der Waals surface area contributed by atoms with E-state index in [1.165, 1.54) is 6.92 Å². The number of hydrogen-bond donors (Lipinski definition) is 1. The monoisotopic (exact) mass is 119 g/mol. The van der Waals surface area contributed by atoms with Crippen molar-refractivity contribution in [3.05, 3.63) is 4.91 Å². The first-order valence-electron chi connectivity index (χ1n) is 1.90. The van der Waals surface area contributed by atoms with Crippen molar-refractivity contribution in [3.8, 4) is 0 Å². The molecule has 0 aliphatic rings. The predicted molar refractivity (Wildman–Crippen MR) is 23.6 cm³/mol. The van der Waals surface area contributed by atoms with Crippen LogP contribution in [0.3, 0.4) is 0 Å². The Morgan fingerprint density at radius 3 is 2.50 bits per heavy atom. The molecule has 5 heteroatoms. The van der Waals surface area contributed by atoms with Gasteiger partial charge in [-0.25, -0.2) is 4.79 Å². The molecule has 0 saturated carbocycles. The Labute approximate surface area is 45.2 Å². The normalized spacial score (nSPS) is 12.2. The number of aliphatic hydroxyl groups is 1. The van der Waals surface area contributed by atoms with Crippen LogP contribution in [0.15, 0.2) is 5.34 Å². The second kappa shape index (κ2) is 3.09. The van der Waals surface area contributed by atoms with Crippen molar-refractivity contribution < 1.29 is 14.7 Å². The summed E-state index contributed by atoms with van der Waals surface area (Å²) in [6.07, 6.45) is -1.28. The summed E-state index contributed by atoms with van der Waals surface area (Å²) in [5.41, 5.74) is 0. The molecule has 0 amide bonds. The first-order valence-corrected chi connectivity index (χ1v) is 1.90. The predicted octanol–water partition coefficient (Wildman–Crippen LogP) is -0.408. The molecule has 0 spiro atoms. The molecule has 0 rings (SSSR count). The average Bonchev–Trinajstić information content (AvgIpc) is 1.67. The Morgan fingerprint density at radius 2 is 2.38 bits per heavy atom. The number of aliphatic hydroxyl groups excluding tert-OH is 1. The number of carbonyl (C=O) groups excluding carboxylic acids is 1. The quantitative estimate of drug-likeness (QED) is 0.396. The highest BCUT2D eigenvalue weighted by atomic mass is 16.7. The zero-order valence-corrected chi connectivity index (χ0v) is 4.20. The number of carbonyl (C=O) groups is 1. The summed E-state index contributed by atoms with van der Waals surface area (Å²) < 4.78 is 0. The highest BCUT2D eigenvalue weighted by molar-refractivity contribution is 5.73. The maximum atomic E-state index is 9.98. The highest BCUT2D eigenvalue weighted by Gasteiger charge is 2.09. The van der Waals surface area contributed by atoms with Crippen LogP contribution >= 0.6 is 0 Å². The zero-order chi connectivity index (χ0) is 6.57. The van der Waals surface area contributed by atoms with Crippen molar-refractivity contribution in [2.24, 2.45) is 5.34 Å². The van der Waals surface area contributed by atoms with Gasteiger partial charge in [0, 0.05) is 0 Å². The molecule has 0 fully saturated rings. The van der Waals surface area contributed by atoms with Gasteiger partial charge in [0.05, 0.1) is 0 Å². The summed E-state index contributed by atoms with van der Waals surface area (Å²) in [6.45, 7) is 1.17. The van der Waals surface area contributed by atoms with Crippen molar-refractivity contribution in [1.82, 2.24) is 0 Å². The molecule has 0 heterocycles. The topological polar surface area (TPSA) is 76.0 Å². The molecule has 0 aromatic rings. The van der Waals surface area contributed by atoms with E-state index < -0.39 is 12.1 Å². The summed E-state index contributed by atoms with van der Waals surface area (Å²) in [7, 11) is 0. The molecule has 0 saturated heterocycles. The third kappa shape index (κ3) is 2.25. The van der Waals surface area contributed by atoms with E-state index >= 15 is 0 Å². The van der Waals surface area contributed by atoms with Crippen LogP contribution in [0.25, 0.3) is 0 Å². The van der Waals surface area contributed by atoms with Crippen LogP contribution in [0, 0.1) is 4.91 Å². The summed E-state index contributed by atoms with van der Waals surface area (Å²) in [5, 5.41) is 10.1. The third-order valence-electron chi connectivity index (χ3n) is 0.468. The lowest BCUT2D eigenvalue weighted by Gasteiger charge is -1.93. The number of nitrogens with zero attached hydrogens (tertiary/aromatic N) is 1. The van der Waals surface area contributed by atoms with Crippen LogP contribution in [0.2, 0.25) is 0 Å². The van der Waals surface area contributed by atoms with Gasteiger partial charge in [0.15, 0.2) is 11.4 Å². The van der Waals surface area contributed by atoms with Gasteiger partial charge in [0.1, 0.15) is 0 Å². The van der Waals surface area contributed by atoms with Gasteiger partial charge in [-0.2, -0.15) is 0 Å². The Kier molecular flexibility index (Phi) is 2.71. The van der Waals surface area contributed by atoms with Crippen LogP contribution in [0.1, 0.15) is 6.92 Å². The van der Waals surface area contributed by atoms with Gasteiger partial charge < -0.3 is 5.11 Å². The first-order chi connectivity index (χ1) is 3.68. The molecule has 0 aliphatic carbocycles. The molecule has 0 aromatic carbocycles. The zero-order valence-electron chi connectivity index (χ0n) is 4.20. The Balaban J connectivity index is 3.48. The lowest BCUT2D eigenvalue weighted by atomic mass is 10.4. The van der Waals surface area contributed by atoms with E-state index in [2.05, 4.69) is 4.84 Å². The first kappa shape index (κ1) is 7.03. The largest absolute Gasteiger partial charge is 0.382 e. The fourth-order valence-electron chi connectivity index (χ4n) is 0.113. The van der Waals surface area contributed by atoms with E-state index in [0.717, 1.165) is 0 Å². The standard InChI is InChI=1S/C3H5NO4/c1-2(5)3(6)8-4-7/h2,5H,1H3. The van der Waals surface area contributed by atoms with Gasteiger partial charge in [0.2, 0.25) is 0 Å². The van der Waals surface area contributed by atoms with E-state index in [0.29, 0.717) is 0 Å². The average molecular weight is 119 g/mol. The molecule has 8 heavy (non-hydrogen) atoms. The third-order valence-corrected chi connectivity index (χ3v) is 0.468. The Bertz CT molecular complexity index is 99.5. The van der Waals surface area contributed by atoms with Crippen molar-refractivity contribution in [2.75, 3.05) is 0 Å². The van der Waals surface area contributed by atoms with Crippen LogP contribution in [0.4, 0.5) is 0 Å². The molecule has 1 atom stereocenters. The van der Waals surface area contributed by atoms with Gasteiger partial charge in [-0.05, 0) is 6.92 Å². The molecular formula is C3H5NO4. The molecule has 0 aromatic heterocycles. The highest BCUT2D eigenvalue weighted by Crippen LogP contribution is 1.84. The molecule has 1 unspecified atom stereocenters.